The van der Waals surface area contributed by atoms with Gasteiger partial charge in [-0.2, -0.15) is 0 Å². The molecule has 0 fully saturated rings. The first kappa shape index (κ1) is 10.2. The minimum atomic E-state index is 0.654. The molecular formula is C7H18N4. The molecule has 0 aliphatic heterocycles. The highest BCUT2D eigenvalue weighted by Crippen LogP contribution is 1.90. The van der Waals surface area contributed by atoms with Crippen LogP contribution < -0.4 is 16.6 Å². The lowest BCUT2D eigenvalue weighted by molar-refractivity contribution is 0.685. The van der Waals surface area contributed by atoms with Crippen LogP contribution in [0.5, 0.6) is 0 Å². The van der Waals surface area contributed by atoms with Crippen LogP contribution in [-0.4, -0.2) is 19.6 Å². The summed E-state index contributed by atoms with van der Waals surface area (Å²) < 4.78 is 0. The van der Waals surface area contributed by atoms with E-state index in [0.717, 1.165) is 13.0 Å². The number of guanidine groups is 1. The molecule has 0 heterocycles. The molecule has 11 heavy (non-hydrogen) atoms. The maximum absolute atomic E-state index is 5.15. The molecule has 0 spiro atoms. The number of rotatable bonds is 4. The average Bonchev–Trinajstić information content (AvgIpc) is 2.05. The second-order valence-electron chi connectivity index (χ2n) is 2.35. The molecule has 0 aromatic carbocycles. The summed E-state index contributed by atoms with van der Waals surface area (Å²) >= 11 is 0. The Labute approximate surface area is 68.2 Å². The Hall–Kier alpha value is -0.770. The van der Waals surface area contributed by atoms with Gasteiger partial charge in [-0.25, -0.2) is 5.84 Å². The molecule has 0 saturated heterocycles. The monoisotopic (exact) mass is 158 g/mol. The van der Waals surface area contributed by atoms with Gasteiger partial charge >= 0.3 is 0 Å². The summed E-state index contributed by atoms with van der Waals surface area (Å²) in [6, 6.07) is 0. The van der Waals surface area contributed by atoms with Crippen molar-refractivity contribution >= 4 is 5.96 Å². The molecule has 0 aliphatic rings. The summed E-state index contributed by atoms with van der Waals surface area (Å²) in [6.07, 6.45) is 3.64. The number of hydrazine groups is 1. The van der Waals surface area contributed by atoms with Crippen LogP contribution in [0.25, 0.3) is 0 Å². The molecule has 0 bridgehead atoms. The van der Waals surface area contributed by atoms with Gasteiger partial charge in [-0.15, -0.1) is 0 Å². The van der Waals surface area contributed by atoms with Crippen molar-refractivity contribution < 1.29 is 0 Å². The van der Waals surface area contributed by atoms with Crippen molar-refractivity contribution in [3.8, 4) is 0 Å². The van der Waals surface area contributed by atoms with Gasteiger partial charge in [0.25, 0.3) is 0 Å². The first-order valence-electron chi connectivity index (χ1n) is 4.02. The molecule has 0 saturated carbocycles. The second kappa shape index (κ2) is 7.34. The summed E-state index contributed by atoms with van der Waals surface area (Å²) in [4.78, 5) is 3.87. The third-order valence-electron chi connectivity index (χ3n) is 1.43. The van der Waals surface area contributed by atoms with Gasteiger partial charge < -0.3 is 5.32 Å². The molecule has 0 aliphatic carbocycles. The number of aliphatic imine (C=N–C) groups is 1. The van der Waals surface area contributed by atoms with E-state index in [1.807, 2.05) is 0 Å². The SMILES string of the molecule is CCCCCN/C(=N\C)NN. The minimum absolute atomic E-state index is 0.654. The third-order valence-corrected chi connectivity index (χ3v) is 1.43. The summed E-state index contributed by atoms with van der Waals surface area (Å²) in [7, 11) is 1.70. The topological polar surface area (TPSA) is 62.4 Å². The van der Waals surface area contributed by atoms with E-state index in [-0.39, 0.29) is 0 Å². The lowest BCUT2D eigenvalue weighted by Gasteiger charge is -2.06. The van der Waals surface area contributed by atoms with Crippen LogP contribution >= 0.6 is 0 Å². The Morgan fingerprint density at radius 1 is 1.45 bits per heavy atom. The van der Waals surface area contributed by atoms with E-state index in [1.54, 1.807) is 7.05 Å². The molecular weight excluding hydrogens is 140 g/mol. The van der Waals surface area contributed by atoms with Crippen molar-refractivity contribution in [2.75, 3.05) is 13.6 Å². The normalized spacial score (nSPS) is 11.4. The quantitative estimate of drug-likeness (QED) is 0.180. The zero-order valence-electron chi connectivity index (χ0n) is 7.35. The van der Waals surface area contributed by atoms with Crippen LogP contribution in [0, 0.1) is 0 Å². The zero-order valence-corrected chi connectivity index (χ0v) is 7.35. The fourth-order valence-corrected chi connectivity index (χ4v) is 0.776. The lowest BCUT2D eigenvalue weighted by atomic mass is 10.2. The molecule has 4 nitrogen and oxygen atoms in total. The first-order chi connectivity index (χ1) is 5.35. The molecule has 0 rings (SSSR count). The average molecular weight is 158 g/mol. The van der Waals surface area contributed by atoms with Gasteiger partial charge in [-0.3, -0.25) is 10.4 Å². The first-order valence-corrected chi connectivity index (χ1v) is 4.02. The maximum atomic E-state index is 5.15. The van der Waals surface area contributed by atoms with Gasteiger partial charge in [0.2, 0.25) is 5.96 Å². The van der Waals surface area contributed by atoms with Gasteiger partial charge in [0.05, 0.1) is 0 Å². The Bertz CT molecular complexity index is 111. The number of hydrogen-bond acceptors (Lipinski definition) is 2. The second-order valence-corrected chi connectivity index (χ2v) is 2.35. The van der Waals surface area contributed by atoms with Gasteiger partial charge in [-0.05, 0) is 6.42 Å². The molecule has 0 radical (unpaired) electrons. The van der Waals surface area contributed by atoms with Crippen LogP contribution in [0.4, 0.5) is 0 Å². The summed E-state index contributed by atoms with van der Waals surface area (Å²) in [5, 5.41) is 3.07. The Morgan fingerprint density at radius 3 is 2.64 bits per heavy atom. The number of nitrogens with zero attached hydrogens (tertiary/aromatic N) is 1. The summed E-state index contributed by atoms with van der Waals surface area (Å²) in [6.45, 7) is 3.11. The Morgan fingerprint density at radius 2 is 2.18 bits per heavy atom. The predicted molar refractivity (Wildman–Crippen MR) is 48.2 cm³/mol. The number of nitrogens with two attached hydrogens (primary N) is 1. The van der Waals surface area contributed by atoms with Crippen molar-refractivity contribution in [2.24, 2.45) is 10.8 Å². The van der Waals surface area contributed by atoms with Crippen molar-refractivity contribution in [1.82, 2.24) is 10.7 Å². The number of hydrogen-bond donors (Lipinski definition) is 3. The maximum Gasteiger partial charge on any atom is 0.205 e. The van der Waals surface area contributed by atoms with Crippen LogP contribution in [0.3, 0.4) is 0 Å². The van der Waals surface area contributed by atoms with Crippen molar-refractivity contribution in [3.05, 3.63) is 0 Å². The zero-order chi connectivity index (χ0) is 8.53. The van der Waals surface area contributed by atoms with Crippen LogP contribution in [0.15, 0.2) is 4.99 Å². The van der Waals surface area contributed by atoms with E-state index in [1.165, 1.54) is 12.8 Å². The highest BCUT2D eigenvalue weighted by Gasteiger charge is 1.90. The molecule has 0 aromatic heterocycles. The Balaban J connectivity index is 3.22. The summed E-state index contributed by atoms with van der Waals surface area (Å²) in [5.74, 6) is 5.81. The number of nitrogens with one attached hydrogen (secondary N) is 2. The summed E-state index contributed by atoms with van der Waals surface area (Å²) in [5.41, 5.74) is 2.47. The fourth-order valence-electron chi connectivity index (χ4n) is 0.776. The van der Waals surface area contributed by atoms with Crippen LogP contribution in [-0.2, 0) is 0 Å². The van der Waals surface area contributed by atoms with E-state index in [9.17, 15) is 0 Å². The van der Waals surface area contributed by atoms with Gasteiger partial charge in [0, 0.05) is 13.6 Å². The van der Waals surface area contributed by atoms with Crippen molar-refractivity contribution in [2.45, 2.75) is 26.2 Å². The number of unbranched alkanes of at least 4 members (excludes halogenated alkanes) is 2. The predicted octanol–water partition coefficient (Wildman–Crippen LogP) is 0.215. The molecule has 4 heteroatoms. The minimum Gasteiger partial charge on any atom is -0.355 e. The molecule has 4 N–H and O–H groups in total. The van der Waals surface area contributed by atoms with E-state index >= 15 is 0 Å². The molecule has 66 valence electrons. The standard InChI is InChI=1S/C7H18N4/c1-3-4-5-6-10-7(9-2)11-8/h3-6,8H2,1-2H3,(H2,9,10,11). The fraction of sp³-hybridized carbons (Fsp3) is 0.857. The van der Waals surface area contributed by atoms with Gasteiger partial charge in [0.1, 0.15) is 0 Å². The van der Waals surface area contributed by atoms with E-state index in [4.69, 9.17) is 5.84 Å². The molecule has 0 atom stereocenters. The van der Waals surface area contributed by atoms with E-state index in [2.05, 4.69) is 22.7 Å². The third kappa shape index (κ3) is 5.66. The van der Waals surface area contributed by atoms with Crippen molar-refractivity contribution in [1.29, 1.82) is 0 Å². The highest BCUT2D eigenvalue weighted by molar-refractivity contribution is 5.78. The smallest absolute Gasteiger partial charge is 0.205 e. The van der Waals surface area contributed by atoms with E-state index < -0.39 is 0 Å². The van der Waals surface area contributed by atoms with Crippen LogP contribution in [0.2, 0.25) is 0 Å². The molecule has 0 amide bonds. The van der Waals surface area contributed by atoms with E-state index in [0.29, 0.717) is 5.96 Å². The van der Waals surface area contributed by atoms with Crippen LogP contribution in [0.1, 0.15) is 26.2 Å². The lowest BCUT2D eigenvalue weighted by Crippen LogP contribution is -2.41. The van der Waals surface area contributed by atoms with Gasteiger partial charge in [-0.1, -0.05) is 19.8 Å². The van der Waals surface area contributed by atoms with Gasteiger partial charge in [0.15, 0.2) is 0 Å². The largest absolute Gasteiger partial charge is 0.355 e. The van der Waals surface area contributed by atoms with Crippen molar-refractivity contribution in [3.63, 3.8) is 0 Å². The molecule has 0 aromatic rings. The molecule has 0 unspecified atom stereocenters. The highest BCUT2D eigenvalue weighted by atomic mass is 15.3. The Kier molecular flexibility index (Phi) is 6.82.